The van der Waals surface area contributed by atoms with Crippen LogP contribution in [0.15, 0.2) is 23.1 Å². The van der Waals surface area contributed by atoms with Gasteiger partial charge in [-0.05, 0) is 51.5 Å². The fraction of sp³-hybridized carbons (Fsp3) is 0.462. The zero-order chi connectivity index (χ0) is 15.6. The summed E-state index contributed by atoms with van der Waals surface area (Å²) in [4.78, 5) is 11.7. The van der Waals surface area contributed by atoms with Gasteiger partial charge in [0.25, 0.3) is 0 Å². The lowest BCUT2D eigenvalue weighted by Crippen LogP contribution is -2.45. The van der Waals surface area contributed by atoms with E-state index in [1.165, 1.54) is 12.1 Å². The lowest BCUT2D eigenvalue weighted by Gasteiger charge is -2.20. The van der Waals surface area contributed by atoms with Crippen LogP contribution < -0.4 is 15.8 Å². The van der Waals surface area contributed by atoms with Crippen molar-refractivity contribution in [1.29, 1.82) is 0 Å². The molecule has 4 N–H and O–H groups in total. The molecular formula is C13H21N3O3S. The highest BCUT2D eigenvalue weighted by atomic mass is 32.2. The van der Waals surface area contributed by atoms with Crippen LogP contribution in [0.4, 0.5) is 5.69 Å². The summed E-state index contributed by atoms with van der Waals surface area (Å²) in [6.07, 6.45) is 0. The SMILES string of the molecule is Cc1cc(N)cc(S(=O)(=O)NCC(=O)NC(C)(C)C)c1. The molecule has 0 saturated heterocycles. The van der Waals surface area contributed by atoms with Crippen molar-refractivity contribution in [2.24, 2.45) is 0 Å². The van der Waals surface area contributed by atoms with E-state index in [1.54, 1.807) is 13.0 Å². The number of anilines is 1. The molecule has 112 valence electrons. The summed E-state index contributed by atoms with van der Waals surface area (Å²) in [6, 6.07) is 4.53. The van der Waals surface area contributed by atoms with E-state index in [4.69, 9.17) is 5.73 Å². The molecule has 0 aliphatic rings. The Hall–Kier alpha value is -1.60. The Balaban J connectivity index is 2.78. The van der Waals surface area contributed by atoms with Gasteiger partial charge in [0.2, 0.25) is 15.9 Å². The highest BCUT2D eigenvalue weighted by molar-refractivity contribution is 7.89. The van der Waals surface area contributed by atoms with Gasteiger partial charge in [0.15, 0.2) is 0 Å². The number of rotatable bonds is 4. The second kappa shape index (κ2) is 5.80. The highest BCUT2D eigenvalue weighted by Crippen LogP contribution is 2.15. The van der Waals surface area contributed by atoms with Crippen LogP contribution >= 0.6 is 0 Å². The van der Waals surface area contributed by atoms with E-state index >= 15 is 0 Å². The lowest BCUT2D eigenvalue weighted by molar-refractivity contribution is -0.121. The van der Waals surface area contributed by atoms with Crippen molar-refractivity contribution in [3.05, 3.63) is 23.8 Å². The number of benzene rings is 1. The molecule has 0 unspecified atom stereocenters. The summed E-state index contributed by atoms with van der Waals surface area (Å²) in [6.45, 7) is 6.90. The van der Waals surface area contributed by atoms with Crippen LogP contribution in [0.5, 0.6) is 0 Å². The topological polar surface area (TPSA) is 101 Å². The molecular weight excluding hydrogens is 278 g/mol. The Labute approximate surface area is 119 Å². The Morgan fingerprint density at radius 2 is 1.85 bits per heavy atom. The standard InChI is InChI=1S/C13H21N3O3S/c1-9-5-10(14)7-11(6-9)20(18,19)15-8-12(17)16-13(2,3)4/h5-7,15H,8,14H2,1-4H3,(H,16,17). The molecule has 1 amide bonds. The predicted molar refractivity (Wildman–Crippen MR) is 78.7 cm³/mol. The first kappa shape index (κ1) is 16.5. The monoisotopic (exact) mass is 299 g/mol. The van der Waals surface area contributed by atoms with Crippen molar-refractivity contribution >= 4 is 21.6 Å². The quantitative estimate of drug-likeness (QED) is 0.715. The molecule has 6 nitrogen and oxygen atoms in total. The summed E-state index contributed by atoms with van der Waals surface area (Å²) in [5.41, 5.74) is 6.32. The number of hydrogen-bond donors (Lipinski definition) is 3. The average Bonchev–Trinajstić information content (AvgIpc) is 2.23. The van der Waals surface area contributed by atoms with Gasteiger partial charge >= 0.3 is 0 Å². The highest BCUT2D eigenvalue weighted by Gasteiger charge is 2.18. The van der Waals surface area contributed by atoms with E-state index in [2.05, 4.69) is 10.0 Å². The first-order valence-corrected chi connectivity index (χ1v) is 7.66. The van der Waals surface area contributed by atoms with E-state index in [1.807, 2.05) is 20.8 Å². The van der Waals surface area contributed by atoms with E-state index in [9.17, 15) is 13.2 Å². The van der Waals surface area contributed by atoms with Crippen LogP contribution in [-0.2, 0) is 14.8 Å². The van der Waals surface area contributed by atoms with E-state index < -0.39 is 15.6 Å². The third-order valence-corrected chi connectivity index (χ3v) is 3.70. The van der Waals surface area contributed by atoms with Gasteiger partial charge < -0.3 is 11.1 Å². The number of nitrogens with two attached hydrogens (primary N) is 1. The van der Waals surface area contributed by atoms with Gasteiger partial charge in [-0.1, -0.05) is 0 Å². The molecule has 0 heterocycles. The summed E-state index contributed by atoms with van der Waals surface area (Å²) in [5, 5.41) is 2.68. The Morgan fingerprint density at radius 1 is 1.25 bits per heavy atom. The third kappa shape index (κ3) is 5.18. The number of carbonyl (C=O) groups excluding carboxylic acids is 1. The molecule has 0 radical (unpaired) electrons. The zero-order valence-corrected chi connectivity index (χ0v) is 13.0. The van der Waals surface area contributed by atoms with Crippen LogP contribution in [0.1, 0.15) is 26.3 Å². The number of sulfonamides is 1. The summed E-state index contributed by atoms with van der Waals surface area (Å²) < 4.78 is 26.4. The molecule has 20 heavy (non-hydrogen) atoms. The molecule has 0 fully saturated rings. The first-order valence-electron chi connectivity index (χ1n) is 6.17. The van der Waals surface area contributed by atoms with Crippen molar-refractivity contribution in [2.75, 3.05) is 12.3 Å². The number of nitrogen functional groups attached to an aromatic ring is 1. The number of carbonyl (C=O) groups is 1. The van der Waals surface area contributed by atoms with E-state index in [0.717, 1.165) is 5.56 Å². The summed E-state index contributed by atoms with van der Waals surface area (Å²) in [5.74, 6) is -0.387. The maximum absolute atomic E-state index is 12.1. The molecule has 0 aliphatic heterocycles. The molecule has 7 heteroatoms. The van der Waals surface area contributed by atoms with Gasteiger partial charge in [0, 0.05) is 11.2 Å². The van der Waals surface area contributed by atoms with Crippen LogP contribution in [0.2, 0.25) is 0 Å². The van der Waals surface area contributed by atoms with Gasteiger partial charge in [-0.25, -0.2) is 13.1 Å². The second-order valence-corrected chi connectivity index (χ2v) is 7.47. The minimum absolute atomic E-state index is 0.0542. The van der Waals surface area contributed by atoms with Crippen molar-refractivity contribution in [1.82, 2.24) is 10.0 Å². The molecule has 1 rings (SSSR count). The van der Waals surface area contributed by atoms with Crippen LogP contribution in [0.25, 0.3) is 0 Å². The third-order valence-electron chi connectivity index (χ3n) is 2.32. The van der Waals surface area contributed by atoms with Gasteiger partial charge in [-0.15, -0.1) is 0 Å². The number of aryl methyl sites for hydroxylation is 1. The second-order valence-electron chi connectivity index (χ2n) is 5.70. The maximum Gasteiger partial charge on any atom is 0.241 e. The van der Waals surface area contributed by atoms with Crippen molar-refractivity contribution in [3.63, 3.8) is 0 Å². The fourth-order valence-corrected chi connectivity index (χ4v) is 2.76. The molecule has 1 aromatic carbocycles. The Morgan fingerprint density at radius 3 is 2.35 bits per heavy atom. The van der Waals surface area contributed by atoms with Crippen LogP contribution in [0.3, 0.4) is 0 Å². The van der Waals surface area contributed by atoms with Crippen molar-refractivity contribution in [2.45, 2.75) is 38.1 Å². The van der Waals surface area contributed by atoms with Crippen molar-refractivity contribution in [3.8, 4) is 0 Å². The maximum atomic E-state index is 12.1. The number of nitrogens with one attached hydrogen (secondary N) is 2. The summed E-state index contributed by atoms with van der Waals surface area (Å²) >= 11 is 0. The molecule has 0 spiro atoms. The zero-order valence-electron chi connectivity index (χ0n) is 12.1. The molecule has 0 atom stereocenters. The average molecular weight is 299 g/mol. The van der Waals surface area contributed by atoms with Gasteiger partial charge in [0.05, 0.1) is 11.4 Å². The summed E-state index contributed by atoms with van der Waals surface area (Å²) in [7, 11) is -3.75. The van der Waals surface area contributed by atoms with Crippen LogP contribution in [0, 0.1) is 6.92 Å². The molecule has 0 saturated carbocycles. The molecule has 0 aliphatic carbocycles. The Kier molecular flexibility index (Phi) is 4.77. The predicted octanol–water partition coefficient (Wildman–Crippen LogP) is 0.770. The number of hydrogen-bond acceptors (Lipinski definition) is 4. The van der Waals surface area contributed by atoms with E-state index in [0.29, 0.717) is 5.69 Å². The fourth-order valence-electron chi connectivity index (χ4n) is 1.64. The number of amides is 1. The van der Waals surface area contributed by atoms with Gasteiger partial charge in [-0.2, -0.15) is 0 Å². The molecule has 0 aromatic heterocycles. The normalized spacial score (nSPS) is 12.2. The minimum Gasteiger partial charge on any atom is -0.399 e. The van der Waals surface area contributed by atoms with Crippen LogP contribution in [-0.4, -0.2) is 26.4 Å². The van der Waals surface area contributed by atoms with Gasteiger partial charge in [0.1, 0.15) is 0 Å². The Bertz CT molecular complexity index is 584. The van der Waals surface area contributed by atoms with E-state index in [-0.39, 0.29) is 17.3 Å². The van der Waals surface area contributed by atoms with Crippen molar-refractivity contribution < 1.29 is 13.2 Å². The lowest BCUT2D eigenvalue weighted by atomic mass is 10.1. The molecule has 0 bridgehead atoms. The minimum atomic E-state index is -3.75. The first-order chi connectivity index (χ1) is 8.99. The largest absolute Gasteiger partial charge is 0.399 e. The van der Waals surface area contributed by atoms with Gasteiger partial charge in [-0.3, -0.25) is 4.79 Å². The smallest absolute Gasteiger partial charge is 0.241 e. The molecule has 1 aromatic rings.